The highest BCUT2D eigenvalue weighted by Gasteiger charge is 2.34. The standard InChI is InChI=1S/C24H25F3N4O3S/c1-14-9-22(30-21-10-15(3-4-18(14)21)24(32)29-7-6-28-2)23-19(26)11-17(12-20(23)27)35(33,34)31-8-5-16(25)13-31/h3-4,9-12,16,28H,5-8,13H2,1-2H3,(H,29,32)/t16-/m0/s1. The summed E-state index contributed by atoms with van der Waals surface area (Å²) in [5.74, 6) is -2.52. The van der Waals surface area contributed by atoms with E-state index in [1.807, 2.05) is 0 Å². The van der Waals surface area contributed by atoms with Gasteiger partial charge in [-0.05, 0) is 56.3 Å². The average molecular weight is 507 g/mol. The largest absolute Gasteiger partial charge is 0.351 e. The number of sulfonamides is 1. The van der Waals surface area contributed by atoms with Crippen molar-refractivity contribution in [3.8, 4) is 11.3 Å². The van der Waals surface area contributed by atoms with E-state index in [4.69, 9.17) is 0 Å². The molecule has 186 valence electrons. The third kappa shape index (κ3) is 5.02. The van der Waals surface area contributed by atoms with E-state index in [2.05, 4.69) is 15.6 Å². The minimum atomic E-state index is -4.24. The molecule has 0 unspecified atom stereocenters. The molecule has 1 amide bonds. The molecule has 2 aromatic carbocycles. The van der Waals surface area contributed by atoms with Gasteiger partial charge < -0.3 is 10.6 Å². The van der Waals surface area contributed by atoms with E-state index in [0.29, 0.717) is 35.1 Å². The molecule has 1 atom stereocenters. The van der Waals surface area contributed by atoms with Crippen LogP contribution in [-0.2, 0) is 10.0 Å². The average Bonchev–Trinajstić information content (AvgIpc) is 3.25. The molecular formula is C24H25F3N4O3S. The number of fused-ring (bicyclic) bond motifs is 1. The summed E-state index contributed by atoms with van der Waals surface area (Å²) >= 11 is 0. The molecule has 0 aliphatic carbocycles. The maximum absolute atomic E-state index is 15.1. The summed E-state index contributed by atoms with van der Waals surface area (Å²) in [6.07, 6.45) is -1.27. The van der Waals surface area contributed by atoms with Crippen molar-refractivity contribution in [2.24, 2.45) is 0 Å². The predicted molar refractivity (Wildman–Crippen MR) is 126 cm³/mol. The van der Waals surface area contributed by atoms with Crippen molar-refractivity contribution < 1.29 is 26.4 Å². The summed E-state index contributed by atoms with van der Waals surface area (Å²) in [5.41, 5.74) is 0.864. The topological polar surface area (TPSA) is 91.4 Å². The number of carbonyl (C=O) groups is 1. The lowest BCUT2D eigenvalue weighted by atomic mass is 10.0. The van der Waals surface area contributed by atoms with Gasteiger partial charge in [0.2, 0.25) is 10.0 Å². The zero-order valence-electron chi connectivity index (χ0n) is 19.2. The van der Waals surface area contributed by atoms with Gasteiger partial charge in [-0.25, -0.2) is 26.6 Å². The Labute approximate surface area is 201 Å². The first-order valence-corrected chi connectivity index (χ1v) is 12.5. The molecule has 1 fully saturated rings. The number of halogens is 3. The molecule has 0 bridgehead atoms. The molecule has 11 heteroatoms. The third-order valence-electron chi connectivity index (χ3n) is 5.94. The number of rotatable bonds is 7. The van der Waals surface area contributed by atoms with Crippen LogP contribution in [0.15, 0.2) is 41.3 Å². The zero-order valence-corrected chi connectivity index (χ0v) is 20.1. The smallest absolute Gasteiger partial charge is 0.251 e. The molecule has 2 N–H and O–H groups in total. The summed E-state index contributed by atoms with van der Waals surface area (Å²) in [5, 5.41) is 6.38. The van der Waals surface area contributed by atoms with Crippen LogP contribution in [0.4, 0.5) is 13.2 Å². The van der Waals surface area contributed by atoms with Crippen LogP contribution >= 0.6 is 0 Å². The van der Waals surface area contributed by atoms with Gasteiger partial charge in [0.1, 0.15) is 17.8 Å². The van der Waals surface area contributed by atoms with E-state index in [1.165, 1.54) is 12.1 Å². The zero-order chi connectivity index (χ0) is 25.3. The number of aryl methyl sites for hydroxylation is 1. The fourth-order valence-electron chi connectivity index (χ4n) is 4.07. The van der Waals surface area contributed by atoms with Gasteiger partial charge in [0.25, 0.3) is 5.91 Å². The van der Waals surface area contributed by atoms with E-state index < -0.39 is 38.3 Å². The number of nitrogens with zero attached hydrogens (tertiary/aromatic N) is 2. The second-order valence-corrected chi connectivity index (χ2v) is 10.4. The number of hydrogen-bond donors (Lipinski definition) is 2. The molecule has 3 aromatic rings. The monoisotopic (exact) mass is 506 g/mol. The summed E-state index contributed by atoms with van der Waals surface area (Å²) in [6.45, 7) is 2.37. The number of alkyl halides is 1. The van der Waals surface area contributed by atoms with Gasteiger partial charge in [-0.15, -0.1) is 0 Å². The highest BCUT2D eigenvalue weighted by atomic mass is 32.2. The van der Waals surface area contributed by atoms with Crippen LogP contribution in [-0.4, -0.2) is 63.0 Å². The molecule has 2 heterocycles. The van der Waals surface area contributed by atoms with Crippen molar-refractivity contribution >= 4 is 26.8 Å². The number of benzene rings is 2. The van der Waals surface area contributed by atoms with Gasteiger partial charge in [-0.2, -0.15) is 4.31 Å². The number of hydrogen-bond acceptors (Lipinski definition) is 5. The van der Waals surface area contributed by atoms with Gasteiger partial charge in [0.15, 0.2) is 0 Å². The first-order chi connectivity index (χ1) is 16.6. The van der Waals surface area contributed by atoms with Gasteiger partial charge in [-0.1, -0.05) is 6.07 Å². The van der Waals surface area contributed by atoms with Crippen LogP contribution in [0.25, 0.3) is 22.2 Å². The highest BCUT2D eigenvalue weighted by Crippen LogP contribution is 2.32. The molecule has 1 aromatic heterocycles. The van der Waals surface area contributed by atoms with Crippen LogP contribution in [0.3, 0.4) is 0 Å². The van der Waals surface area contributed by atoms with Crippen molar-refractivity contribution in [1.82, 2.24) is 19.9 Å². The van der Waals surface area contributed by atoms with E-state index in [9.17, 15) is 17.6 Å². The Morgan fingerprint density at radius 2 is 1.86 bits per heavy atom. The molecule has 0 saturated carbocycles. The summed E-state index contributed by atoms with van der Waals surface area (Å²) in [4.78, 5) is 16.2. The van der Waals surface area contributed by atoms with Gasteiger partial charge in [0, 0.05) is 37.1 Å². The molecule has 1 saturated heterocycles. The number of nitrogens with one attached hydrogen (secondary N) is 2. The highest BCUT2D eigenvalue weighted by molar-refractivity contribution is 7.89. The van der Waals surface area contributed by atoms with Crippen LogP contribution < -0.4 is 10.6 Å². The van der Waals surface area contributed by atoms with Crippen LogP contribution in [0, 0.1) is 18.6 Å². The number of amides is 1. The van der Waals surface area contributed by atoms with E-state index >= 15 is 8.78 Å². The van der Waals surface area contributed by atoms with E-state index in [-0.39, 0.29) is 31.1 Å². The maximum atomic E-state index is 15.1. The Morgan fingerprint density at radius 1 is 1.14 bits per heavy atom. The minimum absolute atomic E-state index is 0.0355. The summed E-state index contributed by atoms with van der Waals surface area (Å²) in [7, 11) is -2.47. The Bertz CT molecular complexity index is 1380. The number of aromatic nitrogens is 1. The molecule has 1 aliphatic rings. The second-order valence-electron chi connectivity index (χ2n) is 8.43. The van der Waals surface area contributed by atoms with Crippen molar-refractivity contribution in [2.45, 2.75) is 24.4 Å². The van der Waals surface area contributed by atoms with Crippen LogP contribution in [0.2, 0.25) is 0 Å². The fourth-order valence-corrected chi connectivity index (χ4v) is 5.58. The molecule has 0 radical (unpaired) electrons. The Hall–Kier alpha value is -3.02. The molecule has 4 rings (SSSR count). The first kappa shape index (κ1) is 25.1. The first-order valence-electron chi connectivity index (χ1n) is 11.1. The van der Waals surface area contributed by atoms with Gasteiger partial charge in [0.05, 0.1) is 21.7 Å². The summed E-state index contributed by atoms with van der Waals surface area (Å²) in [6, 6.07) is 7.85. The van der Waals surface area contributed by atoms with Crippen molar-refractivity contribution in [2.75, 3.05) is 33.2 Å². The Morgan fingerprint density at radius 3 is 2.49 bits per heavy atom. The predicted octanol–water partition coefficient (Wildman–Crippen LogP) is 3.17. The fraction of sp³-hybridized carbons (Fsp3) is 0.333. The quantitative estimate of drug-likeness (QED) is 0.481. The molecule has 35 heavy (non-hydrogen) atoms. The third-order valence-corrected chi connectivity index (χ3v) is 7.79. The molecule has 1 aliphatic heterocycles. The lowest BCUT2D eigenvalue weighted by molar-refractivity contribution is 0.0954. The van der Waals surface area contributed by atoms with Crippen LogP contribution in [0.1, 0.15) is 22.3 Å². The van der Waals surface area contributed by atoms with Crippen LogP contribution in [0.5, 0.6) is 0 Å². The molecule has 0 spiro atoms. The number of pyridine rings is 1. The Balaban J connectivity index is 1.72. The molecular weight excluding hydrogens is 481 g/mol. The summed E-state index contributed by atoms with van der Waals surface area (Å²) < 4.78 is 70.0. The number of likely N-dealkylation sites (N-methyl/N-ethyl adjacent to an activating group) is 1. The molecule has 7 nitrogen and oxygen atoms in total. The lowest BCUT2D eigenvalue weighted by Gasteiger charge is -2.17. The normalized spacial score (nSPS) is 16.7. The lowest BCUT2D eigenvalue weighted by Crippen LogP contribution is -2.30. The van der Waals surface area contributed by atoms with Gasteiger partial charge in [-0.3, -0.25) is 4.79 Å². The van der Waals surface area contributed by atoms with Crippen molar-refractivity contribution in [3.05, 3.63) is 59.2 Å². The van der Waals surface area contributed by atoms with E-state index in [1.54, 1.807) is 26.1 Å². The Kier molecular flexibility index (Phi) is 7.11. The SMILES string of the molecule is CNCCNC(=O)c1ccc2c(C)cc(-c3c(F)cc(S(=O)(=O)N4CC[C@H](F)C4)cc3F)nc2c1. The van der Waals surface area contributed by atoms with E-state index in [0.717, 1.165) is 16.4 Å². The van der Waals surface area contributed by atoms with Gasteiger partial charge >= 0.3 is 0 Å². The van der Waals surface area contributed by atoms with Crippen molar-refractivity contribution in [1.29, 1.82) is 0 Å². The second kappa shape index (κ2) is 9.92. The van der Waals surface area contributed by atoms with Crippen molar-refractivity contribution in [3.63, 3.8) is 0 Å². The maximum Gasteiger partial charge on any atom is 0.251 e. The number of carbonyl (C=O) groups excluding carboxylic acids is 1. The minimum Gasteiger partial charge on any atom is -0.351 e.